The summed E-state index contributed by atoms with van der Waals surface area (Å²) in [5.74, 6) is -2.13. The van der Waals surface area contributed by atoms with Crippen molar-refractivity contribution in [1.82, 2.24) is 10.1 Å². The van der Waals surface area contributed by atoms with Gasteiger partial charge in [-0.05, 0) is 37.8 Å². The third-order valence-corrected chi connectivity index (χ3v) is 3.44. The molecule has 0 aliphatic heterocycles. The fourth-order valence-electron chi connectivity index (χ4n) is 2.35. The van der Waals surface area contributed by atoms with Crippen molar-refractivity contribution in [2.75, 3.05) is 6.61 Å². The van der Waals surface area contributed by atoms with E-state index in [0.29, 0.717) is 12.8 Å². The van der Waals surface area contributed by atoms with Crippen LogP contribution in [0, 0.1) is 5.92 Å². The number of alkyl halides is 3. The van der Waals surface area contributed by atoms with Gasteiger partial charge in [0.25, 0.3) is 5.82 Å². The Morgan fingerprint density at radius 1 is 1.35 bits per heavy atom. The van der Waals surface area contributed by atoms with Crippen LogP contribution in [0.15, 0.2) is 4.52 Å². The summed E-state index contributed by atoms with van der Waals surface area (Å²) in [7, 11) is 0. The van der Waals surface area contributed by atoms with E-state index in [0.717, 1.165) is 0 Å². The van der Waals surface area contributed by atoms with E-state index in [9.17, 15) is 18.0 Å². The second-order valence-corrected chi connectivity index (χ2v) is 4.77. The highest BCUT2D eigenvalue weighted by Crippen LogP contribution is 2.42. The Kier molecular flexibility index (Phi) is 4.29. The van der Waals surface area contributed by atoms with Crippen LogP contribution in [0.3, 0.4) is 0 Å². The first-order valence-electron chi connectivity index (χ1n) is 6.49. The predicted molar refractivity (Wildman–Crippen MR) is 61.0 cm³/mol. The van der Waals surface area contributed by atoms with Crippen LogP contribution in [0.2, 0.25) is 0 Å². The molecule has 0 bridgehead atoms. The average molecular weight is 292 g/mol. The van der Waals surface area contributed by atoms with E-state index in [1.807, 2.05) is 0 Å². The van der Waals surface area contributed by atoms with Gasteiger partial charge < -0.3 is 9.26 Å². The van der Waals surface area contributed by atoms with Crippen molar-refractivity contribution in [3.05, 3.63) is 11.7 Å². The smallest absolute Gasteiger partial charge is 0.391 e. The zero-order valence-corrected chi connectivity index (χ0v) is 10.9. The van der Waals surface area contributed by atoms with Gasteiger partial charge in [0.2, 0.25) is 5.89 Å². The van der Waals surface area contributed by atoms with E-state index in [4.69, 9.17) is 9.26 Å². The predicted octanol–water partition coefficient (Wildman–Crippen LogP) is 3.08. The summed E-state index contributed by atoms with van der Waals surface area (Å²) in [4.78, 5) is 15.3. The average Bonchev–Trinajstić information content (AvgIpc) is 2.88. The summed E-state index contributed by atoms with van der Waals surface area (Å²) in [5, 5.41) is 3.49. The number of aromatic nitrogens is 2. The lowest BCUT2D eigenvalue weighted by Crippen LogP contribution is -2.27. The summed E-state index contributed by atoms with van der Waals surface area (Å²) in [6, 6.07) is 0. The molecule has 0 saturated heterocycles. The lowest BCUT2D eigenvalue weighted by molar-refractivity contribution is -0.182. The van der Waals surface area contributed by atoms with Crippen LogP contribution in [0.25, 0.3) is 0 Å². The van der Waals surface area contributed by atoms with E-state index in [-0.39, 0.29) is 37.1 Å². The molecule has 0 atom stereocenters. The summed E-state index contributed by atoms with van der Waals surface area (Å²) < 4.78 is 47.3. The number of carbonyl (C=O) groups excluding carboxylic acids is 1. The quantitative estimate of drug-likeness (QED) is 0.801. The van der Waals surface area contributed by atoms with Gasteiger partial charge in [-0.3, -0.25) is 0 Å². The van der Waals surface area contributed by atoms with E-state index < -0.39 is 18.1 Å². The van der Waals surface area contributed by atoms with Gasteiger partial charge >= 0.3 is 12.1 Å². The molecule has 1 aromatic heterocycles. The first-order chi connectivity index (χ1) is 9.41. The van der Waals surface area contributed by atoms with Crippen LogP contribution in [-0.4, -0.2) is 28.9 Å². The highest BCUT2D eigenvalue weighted by molar-refractivity contribution is 5.84. The van der Waals surface area contributed by atoms with Crippen LogP contribution >= 0.6 is 0 Å². The molecule has 1 aromatic rings. The minimum Gasteiger partial charge on any atom is -0.460 e. The van der Waals surface area contributed by atoms with Crippen LogP contribution in [-0.2, 0) is 4.74 Å². The summed E-state index contributed by atoms with van der Waals surface area (Å²) in [5.41, 5.74) is 0. The molecule has 0 N–H and O–H groups in total. The third kappa shape index (κ3) is 3.29. The Bertz CT molecular complexity index is 465. The molecule has 5 nitrogen and oxygen atoms in total. The highest BCUT2D eigenvalue weighted by Gasteiger charge is 2.42. The van der Waals surface area contributed by atoms with E-state index >= 15 is 0 Å². The maximum Gasteiger partial charge on any atom is 0.391 e. The molecule has 1 fully saturated rings. The second kappa shape index (κ2) is 5.80. The van der Waals surface area contributed by atoms with Gasteiger partial charge in [0, 0.05) is 5.92 Å². The van der Waals surface area contributed by atoms with Crippen molar-refractivity contribution < 1.29 is 27.2 Å². The number of rotatable bonds is 3. The van der Waals surface area contributed by atoms with Gasteiger partial charge in [0.15, 0.2) is 0 Å². The number of carbonyl (C=O) groups is 1. The fraction of sp³-hybridized carbons (Fsp3) is 0.750. The number of nitrogens with zero attached hydrogens (tertiary/aromatic N) is 2. The lowest BCUT2D eigenvalue weighted by atomic mass is 9.81. The molecule has 1 aliphatic carbocycles. The zero-order valence-electron chi connectivity index (χ0n) is 10.9. The first kappa shape index (κ1) is 14.8. The topological polar surface area (TPSA) is 65.2 Å². The van der Waals surface area contributed by atoms with Crippen LogP contribution < -0.4 is 0 Å². The monoisotopic (exact) mass is 292 g/mol. The molecular weight excluding hydrogens is 277 g/mol. The van der Waals surface area contributed by atoms with Crippen molar-refractivity contribution in [3.8, 4) is 0 Å². The van der Waals surface area contributed by atoms with Crippen molar-refractivity contribution in [1.29, 1.82) is 0 Å². The van der Waals surface area contributed by atoms with Gasteiger partial charge in [-0.25, -0.2) is 4.79 Å². The number of hydrogen-bond donors (Lipinski definition) is 0. The summed E-state index contributed by atoms with van der Waals surface area (Å²) in [6.45, 7) is 1.84. The van der Waals surface area contributed by atoms with Gasteiger partial charge in [-0.15, -0.1) is 0 Å². The molecule has 0 unspecified atom stereocenters. The number of esters is 1. The van der Waals surface area contributed by atoms with Crippen LogP contribution in [0.4, 0.5) is 13.2 Å². The van der Waals surface area contributed by atoms with Crippen molar-refractivity contribution in [2.45, 2.75) is 44.7 Å². The third-order valence-electron chi connectivity index (χ3n) is 3.44. The summed E-state index contributed by atoms with van der Waals surface area (Å²) in [6.07, 6.45) is -3.39. The first-order valence-corrected chi connectivity index (χ1v) is 6.49. The highest BCUT2D eigenvalue weighted by atomic mass is 19.4. The largest absolute Gasteiger partial charge is 0.460 e. The van der Waals surface area contributed by atoms with Gasteiger partial charge in [0.1, 0.15) is 0 Å². The van der Waals surface area contributed by atoms with E-state index in [1.165, 1.54) is 0 Å². The second-order valence-electron chi connectivity index (χ2n) is 4.77. The van der Waals surface area contributed by atoms with Crippen LogP contribution in [0.1, 0.15) is 55.0 Å². The Balaban J connectivity index is 1.96. The molecule has 1 saturated carbocycles. The lowest BCUT2D eigenvalue weighted by Gasteiger charge is -2.27. The number of halogens is 3. The maximum atomic E-state index is 12.6. The van der Waals surface area contributed by atoms with Gasteiger partial charge in [-0.2, -0.15) is 18.2 Å². The normalized spacial score (nSPS) is 23.6. The Labute approximate surface area is 113 Å². The van der Waals surface area contributed by atoms with E-state index in [1.54, 1.807) is 6.92 Å². The van der Waals surface area contributed by atoms with Crippen LogP contribution in [0.5, 0.6) is 0 Å². The molecule has 8 heteroatoms. The summed E-state index contributed by atoms with van der Waals surface area (Å²) >= 11 is 0. The molecule has 0 radical (unpaired) electrons. The van der Waals surface area contributed by atoms with Crippen molar-refractivity contribution in [2.24, 2.45) is 5.92 Å². The molecule has 112 valence electrons. The molecular formula is C12H15F3N2O3. The number of hydrogen-bond acceptors (Lipinski definition) is 5. The van der Waals surface area contributed by atoms with Crippen molar-refractivity contribution in [3.63, 3.8) is 0 Å². The Morgan fingerprint density at radius 2 is 2.00 bits per heavy atom. The molecule has 1 heterocycles. The van der Waals surface area contributed by atoms with Crippen molar-refractivity contribution >= 4 is 5.97 Å². The number of ether oxygens (including phenoxy) is 1. The fourth-order valence-corrected chi connectivity index (χ4v) is 2.35. The van der Waals surface area contributed by atoms with Gasteiger partial charge in [0.05, 0.1) is 12.5 Å². The van der Waals surface area contributed by atoms with E-state index in [2.05, 4.69) is 10.1 Å². The maximum absolute atomic E-state index is 12.6. The molecule has 20 heavy (non-hydrogen) atoms. The minimum absolute atomic E-state index is 0.0469. The minimum atomic E-state index is -4.14. The SMILES string of the molecule is CCOC(=O)c1noc(C2CCC(C(F)(F)F)CC2)n1. The molecule has 0 amide bonds. The zero-order chi connectivity index (χ0) is 14.8. The molecule has 0 spiro atoms. The Hall–Kier alpha value is -1.60. The molecule has 0 aromatic carbocycles. The standard InChI is InChI=1S/C12H15F3N2O3/c1-2-19-11(18)9-16-10(20-17-9)7-3-5-8(6-4-7)12(13,14)15/h7-8H,2-6H2,1H3. The Morgan fingerprint density at radius 3 is 2.55 bits per heavy atom. The molecule has 1 aliphatic rings. The molecule has 2 rings (SSSR count). The van der Waals surface area contributed by atoms with Gasteiger partial charge in [-0.1, -0.05) is 0 Å².